The molecule has 0 saturated heterocycles. The maximum Gasteiger partial charge on any atom is 0.342 e. The fourth-order valence-electron chi connectivity index (χ4n) is 2.69. The van der Waals surface area contributed by atoms with E-state index in [1.807, 2.05) is 0 Å². The number of Topliss-reactive ketones (excluding diaryl/α,β-unsaturated/α-hetero) is 1. The number of esters is 1. The Morgan fingerprint density at radius 3 is 2.65 bits per heavy atom. The van der Waals surface area contributed by atoms with E-state index in [2.05, 4.69) is 5.32 Å². The summed E-state index contributed by atoms with van der Waals surface area (Å²) >= 11 is 0. The van der Waals surface area contributed by atoms with Crippen molar-refractivity contribution in [2.24, 2.45) is 0 Å². The maximum atomic E-state index is 12.3. The van der Waals surface area contributed by atoms with Gasteiger partial charge in [-0.15, -0.1) is 0 Å². The molecule has 0 spiro atoms. The van der Waals surface area contributed by atoms with E-state index < -0.39 is 18.4 Å². The fourth-order valence-corrected chi connectivity index (χ4v) is 2.69. The van der Waals surface area contributed by atoms with Crippen molar-refractivity contribution in [3.8, 4) is 11.5 Å². The lowest BCUT2D eigenvalue weighted by Gasteiger charge is -2.08. The third-order valence-electron chi connectivity index (χ3n) is 4.25. The SMILES string of the molecule is COc1ccc(C(=O)OCC(=O)c2ccc3c(c2)[C@H](C)C(=O)N3)c(O)c1. The second-order valence-electron chi connectivity index (χ2n) is 5.90. The number of anilines is 1. The number of aromatic hydroxyl groups is 1. The third kappa shape index (κ3) is 3.23. The number of ether oxygens (including phenoxy) is 2. The first-order valence-corrected chi connectivity index (χ1v) is 7.93. The molecule has 0 aromatic heterocycles. The molecule has 1 atom stereocenters. The van der Waals surface area contributed by atoms with Gasteiger partial charge in [0.15, 0.2) is 12.4 Å². The van der Waals surface area contributed by atoms with Crippen LogP contribution in [0.4, 0.5) is 5.69 Å². The van der Waals surface area contributed by atoms with Gasteiger partial charge < -0.3 is 19.9 Å². The Labute approximate surface area is 149 Å². The Hall–Kier alpha value is -3.35. The first kappa shape index (κ1) is 17.5. The number of carbonyl (C=O) groups is 3. The number of phenols is 1. The Morgan fingerprint density at radius 1 is 1.19 bits per heavy atom. The van der Waals surface area contributed by atoms with Gasteiger partial charge in [-0.3, -0.25) is 9.59 Å². The summed E-state index contributed by atoms with van der Waals surface area (Å²) in [6.07, 6.45) is 0. The molecule has 7 heteroatoms. The van der Waals surface area contributed by atoms with Crippen LogP contribution >= 0.6 is 0 Å². The van der Waals surface area contributed by atoms with E-state index in [4.69, 9.17) is 9.47 Å². The molecular formula is C19H17NO6. The summed E-state index contributed by atoms with van der Waals surface area (Å²) in [5.41, 5.74) is 1.70. The summed E-state index contributed by atoms with van der Waals surface area (Å²) in [5, 5.41) is 12.6. The van der Waals surface area contributed by atoms with Crippen molar-refractivity contribution in [1.29, 1.82) is 0 Å². The number of phenolic OH excluding ortho intramolecular Hbond substituents is 1. The van der Waals surface area contributed by atoms with Gasteiger partial charge in [0.2, 0.25) is 5.91 Å². The van der Waals surface area contributed by atoms with Gasteiger partial charge in [0, 0.05) is 17.3 Å². The van der Waals surface area contributed by atoms with Crippen LogP contribution in [0.15, 0.2) is 36.4 Å². The first-order chi connectivity index (χ1) is 12.4. The van der Waals surface area contributed by atoms with Crippen LogP contribution in [0, 0.1) is 0 Å². The standard InChI is InChI=1S/C19H17NO6/c1-10-14-7-11(3-6-15(14)20-18(10)23)17(22)9-26-19(24)13-5-4-12(25-2)8-16(13)21/h3-8,10,21H,9H2,1-2H3,(H,20,23)/t10-/m0/s1. The van der Waals surface area contributed by atoms with E-state index >= 15 is 0 Å². The van der Waals surface area contributed by atoms with Crippen LogP contribution in [-0.4, -0.2) is 36.5 Å². The number of ketones is 1. The second-order valence-corrected chi connectivity index (χ2v) is 5.90. The molecule has 1 aliphatic heterocycles. The van der Waals surface area contributed by atoms with Crippen molar-refractivity contribution < 1.29 is 29.0 Å². The second kappa shape index (κ2) is 6.87. The van der Waals surface area contributed by atoms with Crippen molar-refractivity contribution in [2.75, 3.05) is 19.0 Å². The van der Waals surface area contributed by atoms with Gasteiger partial charge in [-0.2, -0.15) is 0 Å². The van der Waals surface area contributed by atoms with Crippen LogP contribution in [0.2, 0.25) is 0 Å². The average molecular weight is 355 g/mol. The number of fused-ring (bicyclic) bond motifs is 1. The lowest BCUT2D eigenvalue weighted by atomic mass is 9.99. The minimum absolute atomic E-state index is 0.0593. The van der Waals surface area contributed by atoms with Crippen LogP contribution in [-0.2, 0) is 9.53 Å². The van der Waals surface area contributed by atoms with Gasteiger partial charge in [0.25, 0.3) is 0 Å². The molecule has 0 unspecified atom stereocenters. The minimum atomic E-state index is -0.815. The molecule has 0 saturated carbocycles. The van der Waals surface area contributed by atoms with Crippen LogP contribution in [0.1, 0.15) is 39.1 Å². The number of carbonyl (C=O) groups excluding carboxylic acids is 3. The van der Waals surface area contributed by atoms with E-state index in [-0.39, 0.29) is 23.1 Å². The van der Waals surface area contributed by atoms with Gasteiger partial charge in [-0.05, 0) is 42.8 Å². The number of benzene rings is 2. The highest BCUT2D eigenvalue weighted by molar-refractivity contribution is 6.05. The first-order valence-electron chi connectivity index (χ1n) is 7.93. The quantitative estimate of drug-likeness (QED) is 0.631. The molecule has 0 radical (unpaired) electrons. The molecule has 1 heterocycles. The molecule has 26 heavy (non-hydrogen) atoms. The van der Waals surface area contributed by atoms with E-state index in [0.29, 0.717) is 17.0 Å². The molecule has 0 fully saturated rings. The largest absolute Gasteiger partial charge is 0.507 e. The number of amides is 1. The molecule has 0 aliphatic carbocycles. The van der Waals surface area contributed by atoms with Gasteiger partial charge in [-0.1, -0.05) is 0 Å². The summed E-state index contributed by atoms with van der Waals surface area (Å²) in [7, 11) is 1.44. The third-order valence-corrected chi connectivity index (χ3v) is 4.25. The van der Waals surface area contributed by atoms with E-state index in [0.717, 1.165) is 5.56 Å². The van der Waals surface area contributed by atoms with E-state index in [1.165, 1.54) is 25.3 Å². The predicted octanol–water partition coefficient (Wildman–Crippen LogP) is 2.50. The van der Waals surface area contributed by atoms with Gasteiger partial charge in [0.05, 0.1) is 13.0 Å². The van der Waals surface area contributed by atoms with Crippen molar-refractivity contribution in [3.63, 3.8) is 0 Å². The van der Waals surface area contributed by atoms with Crippen LogP contribution in [0.25, 0.3) is 0 Å². The molecule has 1 aliphatic rings. The molecule has 134 valence electrons. The Bertz CT molecular complexity index is 905. The molecule has 2 N–H and O–H groups in total. The monoisotopic (exact) mass is 355 g/mol. The predicted molar refractivity (Wildman–Crippen MR) is 92.8 cm³/mol. The zero-order chi connectivity index (χ0) is 18.8. The van der Waals surface area contributed by atoms with Crippen molar-refractivity contribution in [3.05, 3.63) is 53.1 Å². The highest BCUT2D eigenvalue weighted by Crippen LogP contribution is 2.32. The van der Waals surface area contributed by atoms with Crippen LogP contribution < -0.4 is 10.1 Å². The summed E-state index contributed by atoms with van der Waals surface area (Å²) in [6.45, 7) is 1.28. The molecular weight excluding hydrogens is 338 g/mol. The topological polar surface area (TPSA) is 102 Å². The zero-order valence-corrected chi connectivity index (χ0v) is 14.2. The smallest absolute Gasteiger partial charge is 0.342 e. The molecule has 7 nitrogen and oxygen atoms in total. The van der Waals surface area contributed by atoms with E-state index in [1.54, 1.807) is 25.1 Å². The maximum absolute atomic E-state index is 12.3. The molecule has 0 bridgehead atoms. The minimum Gasteiger partial charge on any atom is -0.507 e. The van der Waals surface area contributed by atoms with Gasteiger partial charge in [0.1, 0.15) is 17.1 Å². The lowest BCUT2D eigenvalue weighted by molar-refractivity contribution is -0.116. The number of hydrogen-bond acceptors (Lipinski definition) is 6. The number of nitrogens with one attached hydrogen (secondary N) is 1. The lowest BCUT2D eigenvalue weighted by Crippen LogP contribution is -2.14. The van der Waals surface area contributed by atoms with Crippen molar-refractivity contribution >= 4 is 23.3 Å². The normalized spacial score (nSPS) is 15.2. The van der Waals surface area contributed by atoms with Crippen molar-refractivity contribution in [1.82, 2.24) is 0 Å². The average Bonchev–Trinajstić information content (AvgIpc) is 2.93. The zero-order valence-electron chi connectivity index (χ0n) is 14.2. The molecule has 3 rings (SSSR count). The number of methoxy groups -OCH3 is 1. The van der Waals surface area contributed by atoms with E-state index in [9.17, 15) is 19.5 Å². The summed E-state index contributed by atoms with van der Waals surface area (Å²) < 4.78 is 9.94. The number of hydrogen-bond donors (Lipinski definition) is 2. The van der Waals surface area contributed by atoms with Gasteiger partial charge >= 0.3 is 5.97 Å². The highest BCUT2D eigenvalue weighted by Gasteiger charge is 2.27. The molecule has 2 aromatic carbocycles. The Morgan fingerprint density at radius 2 is 1.96 bits per heavy atom. The summed E-state index contributed by atoms with van der Waals surface area (Å²) in [4.78, 5) is 36.0. The molecule has 1 amide bonds. The fraction of sp³-hybridized carbons (Fsp3) is 0.211. The summed E-state index contributed by atoms with van der Waals surface area (Å²) in [6, 6.07) is 8.99. The van der Waals surface area contributed by atoms with Crippen LogP contribution in [0.5, 0.6) is 11.5 Å². The Balaban J connectivity index is 1.68. The number of rotatable bonds is 5. The molecule has 2 aromatic rings. The highest BCUT2D eigenvalue weighted by atomic mass is 16.5. The summed E-state index contributed by atoms with van der Waals surface area (Å²) in [5.74, 6) is -1.57. The van der Waals surface area contributed by atoms with Gasteiger partial charge in [-0.25, -0.2) is 4.79 Å². The van der Waals surface area contributed by atoms with Crippen molar-refractivity contribution in [2.45, 2.75) is 12.8 Å². The van der Waals surface area contributed by atoms with Crippen LogP contribution in [0.3, 0.4) is 0 Å². The Kier molecular flexibility index (Phi) is 4.62.